The summed E-state index contributed by atoms with van der Waals surface area (Å²) in [5.41, 5.74) is 3.80. The lowest BCUT2D eigenvalue weighted by Crippen LogP contribution is -2.51. The smallest absolute Gasteiger partial charge is 0.258 e. The number of rotatable bonds is 10. The Morgan fingerprint density at radius 3 is 2.45 bits per heavy atom. The maximum Gasteiger partial charge on any atom is 0.258 e. The largest absolute Gasteiger partial charge is 0.352 e. The summed E-state index contributed by atoms with van der Waals surface area (Å²) in [4.78, 5) is 43.7. The van der Waals surface area contributed by atoms with Gasteiger partial charge in [0, 0.05) is 36.5 Å². The Balaban J connectivity index is 1.29. The molecule has 198 valence electrons. The molecule has 1 saturated carbocycles. The first kappa shape index (κ1) is 26.0. The fourth-order valence-electron chi connectivity index (χ4n) is 5.91. The summed E-state index contributed by atoms with van der Waals surface area (Å²) in [6.07, 6.45) is 5.65. The van der Waals surface area contributed by atoms with Crippen LogP contribution in [-0.2, 0) is 16.1 Å². The van der Waals surface area contributed by atoms with Gasteiger partial charge in [0.25, 0.3) is 5.91 Å². The van der Waals surface area contributed by atoms with Crippen molar-refractivity contribution in [3.8, 4) is 0 Å². The first-order chi connectivity index (χ1) is 18.5. The average Bonchev–Trinajstić information content (AvgIpc) is 3.53. The highest BCUT2D eigenvalue weighted by molar-refractivity contribution is 6.25. The first-order valence-electron chi connectivity index (χ1n) is 13.9. The Labute approximate surface area is 225 Å². The van der Waals surface area contributed by atoms with E-state index in [0.717, 1.165) is 58.8 Å². The molecule has 3 aromatic carbocycles. The molecule has 1 aliphatic heterocycles. The van der Waals surface area contributed by atoms with Gasteiger partial charge >= 0.3 is 0 Å². The van der Waals surface area contributed by atoms with Gasteiger partial charge in [0.15, 0.2) is 0 Å². The zero-order valence-electron chi connectivity index (χ0n) is 22.4. The van der Waals surface area contributed by atoms with E-state index in [1.54, 1.807) is 9.80 Å². The summed E-state index contributed by atoms with van der Waals surface area (Å²) in [5, 5.41) is 5.24. The van der Waals surface area contributed by atoms with Crippen molar-refractivity contribution < 1.29 is 14.4 Å². The molecule has 6 heteroatoms. The van der Waals surface area contributed by atoms with Crippen molar-refractivity contribution in [2.24, 2.45) is 0 Å². The van der Waals surface area contributed by atoms with Crippen molar-refractivity contribution in [1.29, 1.82) is 0 Å². The molecule has 0 spiro atoms. The normalized spacial score (nSPS) is 15.7. The summed E-state index contributed by atoms with van der Waals surface area (Å²) in [5.74, 6) is -0.124. The summed E-state index contributed by atoms with van der Waals surface area (Å²) < 4.78 is 0. The number of carbonyl (C=O) groups is 3. The van der Waals surface area contributed by atoms with Gasteiger partial charge in [-0.15, -0.1) is 0 Å². The Morgan fingerprint density at radius 1 is 1.03 bits per heavy atom. The van der Waals surface area contributed by atoms with Gasteiger partial charge in [-0.25, -0.2) is 0 Å². The zero-order valence-corrected chi connectivity index (χ0v) is 22.4. The van der Waals surface area contributed by atoms with E-state index >= 15 is 0 Å². The first-order valence-corrected chi connectivity index (χ1v) is 13.9. The van der Waals surface area contributed by atoms with E-state index in [2.05, 4.69) is 5.32 Å². The van der Waals surface area contributed by atoms with Gasteiger partial charge in [0.1, 0.15) is 6.04 Å². The Hall–Kier alpha value is -3.67. The number of hydrogen-bond donors (Lipinski definition) is 1. The Morgan fingerprint density at radius 2 is 1.74 bits per heavy atom. The van der Waals surface area contributed by atoms with Gasteiger partial charge in [-0.3, -0.25) is 14.4 Å². The monoisotopic (exact) mass is 511 g/mol. The lowest BCUT2D eigenvalue weighted by atomic mass is 10.1. The molecule has 3 amide bonds. The highest BCUT2D eigenvalue weighted by atomic mass is 16.2. The van der Waals surface area contributed by atoms with Gasteiger partial charge in [0.2, 0.25) is 11.8 Å². The number of aryl methyl sites for hydroxylation is 1. The number of carbonyl (C=O) groups excluding carboxylic acids is 3. The van der Waals surface area contributed by atoms with Crippen LogP contribution in [0.4, 0.5) is 5.69 Å². The molecule has 6 nitrogen and oxygen atoms in total. The van der Waals surface area contributed by atoms with Crippen molar-refractivity contribution >= 4 is 34.2 Å². The minimum absolute atomic E-state index is 0.0110. The second kappa shape index (κ2) is 11.4. The molecule has 5 rings (SSSR count). The van der Waals surface area contributed by atoms with E-state index in [-0.39, 0.29) is 30.2 Å². The van der Waals surface area contributed by atoms with Crippen molar-refractivity contribution in [3.05, 3.63) is 77.4 Å². The summed E-state index contributed by atoms with van der Waals surface area (Å²) in [6.45, 7) is 4.86. The van der Waals surface area contributed by atoms with Crippen LogP contribution in [-0.4, -0.2) is 41.2 Å². The Kier molecular flexibility index (Phi) is 7.77. The molecule has 1 heterocycles. The minimum Gasteiger partial charge on any atom is -0.352 e. The molecular formula is C32H37N3O3. The fraction of sp³-hybridized carbons (Fsp3) is 0.406. The average molecular weight is 512 g/mol. The molecule has 0 radical (unpaired) electrons. The fourth-order valence-corrected chi connectivity index (χ4v) is 5.91. The van der Waals surface area contributed by atoms with E-state index < -0.39 is 6.04 Å². The molecular weight excluding hydrogens is 474 g/mol. The van der Waals surface area contributed by atoms with Crippen LogP contribution < -0.4 is 10.2 Å². The highest BCUT2D eigenvalue weighted by Gasteiger charge is 2.32. The second-order valence-electron chi connectivity index (χ2n) is 10.7. The third-order valence-corrected chi connectivity index (χ3v) is 7.98. The number of amides is 3. The lowest BCUT2D eigenvalue weighted by molar-refractivity contribution is -0.141. The van der Waals surface area contributed by atoms with Crippen LogP contribution in [0.5, 0.6) is 0 Å². The molecule has 0 bridgehead atoms. The number of hydrogen-bond acceptors (Lipinski definition) is 3. The van der Waals surface area contributed by atoms with Crippen molar-refractivity contribution in [2.75, 3.05) is 11.4 Å². The maximum atomic E-state index is 13.7. The van der Waals surface area contributed by atoms with E-state index in [9.17, 15) is 14.4 Å². The third-order valence-electron chi connectivity index (χ3n) is 7.98. The van der Waals surface area contributed by atoms with Gasteiger partial charge in [0.05, 0.1) is 5.69 Å². The van der Waals surface area contributed by atoms with Crippen LogP contribution in [0, 0.1) is 6.92 Å². The van der Waals surface area contributed by atoms with Crippen LogP contribution >= 0.6 is 0 Å². The van der Waals surface area contributed by atoms with Gasteiger partial charge in [-0.1, -0.05) is 73.9 Å². The standard InChI is InChI=1S/C32H37N3O3/c1-3-27(31(37)33-25-11-4-5-12-25)35(21-23-18-16-22(2)17-19-23)29(36)15-8-20-34-28-14-7-10-24-9-6-13-26(30(24)28)32(34)38/h6-7,9-10,13-14,16-19,25,27H,3-5,8,11-12,15,20-21H2,1-2H3,(H,33,37)/t27-/m1/s1. The van der Waals surface area contributed by atoms with Gasteiger partial charge in [-0.05, 0) is 55.7 Å². The van der Waals surface area contributed by atoms with E-state index in [4.69, 9.17) is 0 Å². The predicted molar refractivity (Wildman–Crippen MR) is 151 cm³/mol. The molecule has 2 aliphatic rings. The lowest BCUT2D eigenvalue weighted by Gasteiger charge is -2.32. The van der Waals surface area contributed by atoms with Gasteiger partial charge < -0.3 is 15.1 Å². The molecule has 1 fully saturated rings. The molecule has 1 aliphatic carbocycles. The van der Waals surface area contributed by atoms with Crippen molar-refractivity contribution in [1.82, 2.24) is 10.2 Å². The van der Waals surface area contributed by atoms with E-state index in [1.165, 1.54) is 0 Å². The maximum absolute atomic E-state index is 13.7. The van der Waals surface area contributed by atoms with E-state index in [0.29, 0.717) is 25.9 Å². The SMILES string of the molecule is CC[C@H](C(=O)NC1CCCC1)N(Cc1ccc(C)cc1)C(=O)CCCN1C(=O)c2cccc3cccc1c23. The Bertz CT molecular complexity index is 1320. The predicted octanol–water partition coefficient (Wildman–Crippen LogP) is 5.75. The van der Waals surface area contributed by atoms with Crippen LogP contribution in [0.2, 0.25) is 0 Å². The summed E-state index contributed by atoms with van der Waals surface area (Å²) >= 11 is 0. The van der Waals surface area contributed by atoms with Crippen LogP contribution in [0.1, 0.15) is 73.4 Å². The van der Waals surface area contributed by atoms with Crippen LogP contribution in [0.15, 0.2) is 60.7 Å². The molecule has 0 saturated heterocycles. The molecule has 3 aromatic rings. The van der Waals surface area contributed by atoms with Crippen molar-refractivity contribution in [3.63, 3.8) is 0 Å². The number of nitrogens with one attached hydrogen (secondary N) is 1. The second-order valence-corrected chi connectivity index (χ2v) is 10.7. The van der Waals surface area contributed by atoms with Crippen LogP contribution in [0.3, 0.4) is 0 Å². The molecule has 1 atom stereocenters. The zero-order chi connectivity index (χ0) is 26.6. The number of benzene rings is 3. The number of anilines is 1. The molecule has 38 heavy (non-hydrogen) atoms. The molecule has 1 N–H and O–H groups in total. The van der Waals surface area contributed by atoms with Gasteiger partial charge in [-0.2, -0.15) is 0 Å². The molecule has 0 aromatic heterocycles. The summed E-state index contributed by atoms with van der Waals surface area (Å²) in [7, 11) is 0. The molecule has 0 unspecified atom stereocenters. The topological polar surface area (TPSA) is 69.7 Å². The highest BCUT2D eigenvalue weighted by Crippen LogP contribution is 2.37. The quantitative estimate of drug-likeness (QED) is 0.377. The van der Waals surface area contributed by atoms with E-state index in [1.807, 2.05) is 74.5 Å². The minimum atomic E-state index is -0.518. The number of nitrogens with zero attached hydrogens (tertiary/aromatic N) is 2. The third kappa shape index (κ3) is 5.31. The van der Waals surface area contributed by atoms with Crippen LogP contribution in [0.25, 0.3) is 10.8 Å². The summed E-state index contributed by atoms with van der Waals surface area (Å²) in [6, 6.07) is 19.6. The van der Waals surface area contributed by atoms with Crippen molar-refractivity contribution in [2.45, 2.75) is 77.4 Å².